The first kappa shape index (κ1) is 16.0. The summed E-state index contributed by atoms with van der Waals surface area (Å²) in [6, 6.07) is 8.27. The Morgan fingerprint density at radius 1 is 1.32 bits per heavy atom. The molecule has 1 aromatic rings. The summed E-state index contributed by atoms with van der Waals surface area (Å²) in [4.78, 5) is 0. The molecule has 3 heteroatoms. The van der Waals surface area contributed by atoms with E-state index in [0.717, 1.165) is 5.75 Å². The highest BCUT2D eigenvalue weighted by atomic mass is 16.5. The lowest BCUT2D eigenvalue weighted by molar-refractivity contribution is 0.0122. The lowest BCUT2D eigenvalue weighted by atomic mass is 9.92. The maximum Gasteiger partial charge on any atom is 0.119 e. The van der Waals surface area contributed by atoms with Crippen LogP contribution in [0.15, 0.2) is 24.3 Å². The summed E-state index contributed by atoms with van der Waals surface area (Å²) in [5.74, 6) is 1.12. The van der Waals surface area contributed by atoms with Crippen molar-refractivity contribution in [3.8, 4) is 5.75 Å². The van der Waals surface area contributed by atoms with Gasteiger partial charge in [-0.25, -0.2) is 0 Å². The summed E-state index contributed by atoms with van der Waals surface area (Å²) in [5, 5.41) is 13.6. The Labute approximate surface area is 117 Å². The molecule has 0 radical (unpaired) electrons. The molecule has 0 spiro atoms. The van der Waals surface area contributed by atoms with E-state index < -0.39 is 5.60 Å². The zero-order chi connectivity index (χ0) is 14.5. The monoisotopic (exact) mass is 265 g/mol. The molecule has 2 N–H and O–H groups in total. The van der Waals surface area contributed by atoms with Crippen LogP contribution in [0.2, 0.25) is 0 Å². The average Bonchev–Trinajstić information content (AvgIpc) is 2.36. The third-order valence-electron chi connectivity index (χ3n) is 3.68. The first-order valence-electron chi connectivity index (χ1n) is 7.05. The van der Waals surface area contributed by atoms with Crippen LogP contribution in [-0.4, -0.2) is 23.9 Å². The van der Waals surface area contributed by atoms with E-state index in [1.54, 1.807) is 0 Å². The van der Waals surface area contributed by atoms with Crippen LogP contribution in [0.4, 0.5) is 0 Å². The van der Waals surface area contributed by atoms with Gasteiger partial charge in [-0.05, 0) is 44.4 Å². The van der Waals surface area contributed by atoms with E-state index in [0.29, 0.717) is 13.2 Å². The molecule has 0 aliphatic rings. The quantitative estimate of drug-likeness (QED) is 0.796. The zero-order valence-electron chi connectivity index (χ0n) is 12.7. The van der Waals surface area contributed by atoms with E-state index in [9.17, 15) is 5.11 Å². The summed E-state index contributed by atoms with van der Waals surface area (Å²) < 4.78 is 5.50. The normalized spacial score (nSPS) is 16.2. The minimum absolute atomic E-state index is 0.186. The van der Waals surface area contributed by atoms with E-state index in [1.807, 2.05) is 45.9 Å². The van der Waals surface area contributed by atoms with Crippen molar-refractivity contribution in [2.75, 3.05) is 13.2 Å². The van der Waals surface area contributed by atoms with Crippen molar-refractivity contribution in [1.82, 2.24) is 5.32 Å². The molecular formula is C16H27NO2. The van der Waals surface area contributed by atoms with Crippen molar-refractivity contribution in [1.29, 1.82) is 0 Å². The molecule has 0 aliphatic heterocycles. The Bertz CT molecular complexity index is 388. The van der Waals surface area contributed by atoms with Crippen molar-refractivity contribution < 1.29 is 9.84 Å². The lowest BCUT2D eigenvalue weighted by Crippen LogP contribution is -2.42. The number of hydrogen-bond donors (Lipinski definition) is 2. The molecule has 0 bridgehead atoms. The van der Waals surface area contributed by atoms with Gasteiger partial charge in [-0.3, -0.25) is 0 Å². The van der Waals surface area contributed by atoms with Gasteiger partial charge in [-0.15, -0.1) is 0 Å². The molecule has 0 saturated heterocycles. The Hall–Kier alpha value is -1.06. The third kappa shape index (κ3) is 4.84. The smallest absolute Gasteiger partial charge is 0.119 e. The minimum Gasteiger partial charge on any atom is -0.494 e. The zero-order valence-corrected chi connectivity index (χ0v) is 12.7. The fourth-order valence-electron chi connectivity index (χ4n) is 1.72. The largest absolute Gasteiger partial charge is 0.494 e. The molecule has 0 fully saturated rings. The number of hydrogen-bond acceptors (Lipinski definition) is 3. The molecule has 2 atom stereocenters. The van der Waals surface area contributed by atoms with Crippen LogP contribution in [0.3, 0.4) is 0 Å². The third-order valence-corrected chi connectivity index (χ3v) is 3.68. The van der Waals surface area contributed by atoms with Gasteiger partial charge in [0.2, 0.25) is 0 Å². The van der Waals surface area contributed by atoms with Gasteiger partial charge < -0.3 is 15.2 Å². The second-order valence-electron chi connectivity index (χ2n) is 5.62. The molecule has 1 aromatic carbocycles. The van der Waals surface area contributed by atoms with Crippen LogP contribution in [-0.2, 0) is 0 Å². The molecule has 108 valence electrons. The molecule has 1 rings (SSSR count). The maximum atomic E-state index is 10.2. The van der Waals surface area contributed by atoms with Gasteiger partial charge >= 0.3 is 0 Å². The van der Waals surface area contributed by atoms with E-state index >= 15 is 0 Å². The SMILES string of the molecule is CCOc1cccc(C(C)NCC(C)(O)C(C)C)c1. The second kappa shape index (κ2) is 6.92. The summed E-state index contributed by atoms with van der Waals surface area (Å²) in [7, 11) is 0. The number of nitrogens with one attached hydrogen (secondary N) is 1. The molecule has 0 aliphatic carbocycles. The van der Waals surface area contributed by atoms with E-state index in [-0.39, 0.29) is 12.0 Å². The molecule has 0 amide bonds. The summed E-state index contributed by atoms with van der Waals surface area (Å²) in [5.41, 5.74) is 0.483. The van der Waals surface area contributed by atoms with Gasteiger partial charge in [0.25, 0.3) is 0 Å². The van der Waals surface area contributed by atoms with Gasteiger partial charge in [0, 0.05) is 12.6 Å². The summed E-state index contributed by atoms with van der Waals surface area (Å²) in [6.45, 7) is 11.3. The highest BCUT2D eigenvalue weighted by molar-refractivity contribution is 5.30. The van der Waals surface area contributed by atoms with Crippen LogP contribution < -0.4 is 10.1 Å². The average molecular weight is 265 g/mol. The van der Waals surface area contributed by atoms with Crippen molar-refractivity contribution in [3.05, 3.63) is 29.8 Å². The van der Waals surface area contributed by atoms with Crippen molar-refractivity contribution in [2.24, 2.45) is 5.92 Å². The van der Waals surface area contributed by atoms with Gasteiger partial charge in [-0.2, -0.15) is 0 Å². The molecular weight excluding hydrogens is 238 g/mol. The van der Waals surface area contributed by atoms with E-state index in [2.05, 4.69) is 18.3 Å². The van der Waals surface area contributed by atoms with Gasteiger partial charge in [-0.1, -0.05) is 26.0 Å². The standard InChI is InChI=1S/C16H27NO2/c1-6-19-15-9-7-8-14(10-15)13(4)17-11-16(5,18)12(2)3/h7-10,12-13,17-18H,6,11H2,1-5H3. The fourth-order valence-corrected chi connectivity index (χ4v) is 1.72. The second-order valence-corrected chi connectivity index (χ2v) is 5.62. The van der Waals surface area contributed by atoms with Crippen LogP contribution in [0.25, 0.3) is 0 Å². The molecule has 19 heavy (non-hydrogen) atoms. The molecule has 0 heterocycles. The predicted molar refractivity (Wildman–Crippen MR) is 79.5 cm³/mol. The molecule has 3 nitrogen and oxygen atoms in total. The Morgan fingerprint density at radius 3 is 2.58 bits per heavy atom. The summed E-state index contributed by atoms with van der Waals surface area (Å²) in [6.07, 6.45) is 0. The molecule has 0 aromatic heterocycles. The number of benzene rings is 1. The maximum absolute atomic E-state index is 10.2. The Kier molecular flexibility index (Phi) is 5.83. The van der Waals surface area contributed by atoms with Gasteiger partial charge in [0.05, 0.1) is 12.2 Å². The van der Waals surface area contributed by atoms with Crippen molar-refractivity contribution >= 4 is 0 Å². The number of ether oxygens (including phenoxy) is 1. The van der Waals surface area contributed by atoms with Crippen LogP contribution in [0.5, 0.6) is 5.75 Å². The van der Waals surface area contributed by atoms with Crippen LogP contribution in [0.1, 0.15) is 46.2 Å². The topological polar surface area (TPSA) is 41.5 Å². The lowest BCUT2D eigenvalue weighted by Gasteiger charge is -2.29. The Balaban J connectivity index is 2.63. The summed E-state index contributed by atoms with van der Waals surface area (Å²) >= 11 is 0. The van der Waals surface area contributed by atoms with Crippen molar-refractivity contribution in [2.45, 2.75) is 46.3 Å². The highest BCUT2D eigenvalue weighted by Gasteiger charge is 2.25. The fraction of sp³-hybridized carbons (Fsp3) is 0.625. The first-order chi connectivity index (χ1) is 8.86. The van der Waals surface area contributed by atoms with Crippen molar-refractivity contribution in [3.63, 3.8) is 0 Å². The van der Waals surface area contributed by atoms with Gasteiger partial charge in [0.1, 0.15) is 5.75 Å². The first-order valence-corrected chi connectivity index (χ1v) is 7.05. The highest BCUT2D eigenvalue weighted by Crippen LogP contribution is 2.21. The molecule has 2 unspecified atom stereocenters. The number of rotatable bonds is 7. The number of aliphatic hydroxyl groups is 1. The van der Waals surface area contributed by atoms with E-state index in [1.165, 1.54) is 5.56 Å². The predicted octanol–water partition coefficient (Wildman–Crippen LogP) is 3.14. The molecule has 0 saturated carbocycles. The van der Waals surface area contributed by atoms with Crippen LogP contribution >= 0.6 is 0 Å². The van der Waals surface area contributed by atoms with Gasteiger partial charge in [0.15, 0.2) is 0 Å². The van der Waals surface area contributed by atoms with Crippen LogP contribution in [0, 0.1) is 5.92 Å². The van der Waals surface area contributed by atoms with E-state index in [4.69, 9.17) is 4.74 Å². The minimum atomic E-state index is -0.689. The Morgan fingerprint density at radius 2 is 2.00 bits per heavy atom.